The molecule has 0 aliphatic rings. The Hall–Kier alpha value is -5.04. The number of ether oxygens (including phenoxy) is 1. The van der Waals surface area contributed by atoms with E-state index in [-0.39, 0.29) is 0 Å². The van der Waals surface area contributed by atoms with Crippen LogP contribution in [0.2, 0.25) is 0 Å². The van der Waals surface area contributed by atoms with Crippen molar-refractivity contribution in [2.24, 2.45) is 0 Å². The van der Waals surface area contributed by atoms with E-state index >= 15 is 0 Å². The first-order chi connectivity index (χ1) is 21.2. The van der Waals surface area contributed by atoms with Gasteiger partial charge in [-0.3, -0.25) is 10.5 Å². The van der Waals surface area contributed by atoms with Gasteiger partial charge in [0, 0.05) is 0 Å². The summed E-state index contributed by atoms with van der Waals surface area (Å²) in [5.41, 5.74) is 2.21. The smallest absolute Gasteiger partial charge is 0.178 e. The maximum absolute atomic E-state index is 10.4. The van der Waals surface area contributed by atoms with Gasteiger partial charge in [-0.2, -0.15) is 0 Å². The minimum atomic E-state index is -1.22. The Morgan fingerprint density at radius 1 is 0.302 bits per heavy atom. The summed E-state index contributed by atoms with van der Waals surface area (Å²) in [6.07, 6.45) is 0. The molecule has 0 aliphatic heterocycles. The lowest BCUT2D eigenvalue weighted by molar-refractivity contribution is -0.302. The van der Waals surface area contributed by atoms with Gasteiger partial charge in [0.25, 0.3) is 0 Å². The van der Waals surface area contributed by atoms with Crippen molar-refractivity contribution in [2.45, 2.75) is 11.2 Å². The lowest BCUT2D eigenvalue weighted by Crippen LogP contribution is -2.31. The highest BCUT2D eigenvalue weighted by Crippen LogP contribution is 2.42. The summed E-state index contributed by atoms with van der Waals surface area (Å²) in [7, 11) is 0. The summed E-state index contributed by atoms with van der Waals surface area (Å²) in [5, 5.41) is 20.7. The van der Waals surface area contributed by atoms with E-state index < -0.39 is 11.2 Å². The number of hydrogen-bond acceptors (Lipinski definition) is 5. The third kappa shape index (κ3) is 5.23. The molecule has 0 heterocycles. The molecule has 0 fully saturated rings. The molecular formula is C38H30O5. The van der Waals surface area contributed by atoms with Gasteiger partial charge in [-0.25, -0.2) is 9.78 Å². The van der Waals surface area contributed by atoms with Crippen molar-refractivity contribution in [1.82, 2.24) is 0 Å². The minimum absolute atomic E-state index is 0.611. The van der Waals surface area contributed by atoms with Crippen LogP contribution in [0.25, 0.3) is 0 Å². The van der Waals surface area contributed by atoms with Crippen molar-refractivity contribution in [3.05, 3.63) is 203 Å². The van der Waals surface area contributed by atoms with Gasteiger partial charge >= 0.3 is 0 Å². The first-order valence-corrected chi connectivity index (χ1v) is 14.0. The van der Waals surface area contributed by atoms with Gasteiger partial charge in [-0.1, -0.05) is 146 Å². The van der Waals surface area contributed by atoms with Gasteiger partial charge in [-0.15, -0.1) is 0 Å². The largest absolute Gasteiger partial charge is 0.457 e. The van der Waals surface area contributed by atoms with Crippen LogP contribution in [0.15, 0.2) is 170 Å². The predicted molar refractivity (Wildman–Crippen MR) is 166 cm³/mol. The van der Waals surface area contributed by atoms with Crippen LogP contribution in [-0.2, 0) is 21.0 Å². The standard InChI is InChI=1S/C38H30O5/c39-42-37(29-13-5-1-6-14-29,30-15-7-2-8-16-30)33-21-25-35(26-22-33)41-36-27-23-34(24-28-36)38(43-40,31-17-9-3-10-18-31)32-19-11-4-12-20-32/h1-28,39-40H. The molecule has 6 rings (SSSR count). The molecule has 0 saturated heterocycles. The fourth-order valence-corrected chi connectivity index (χ4v) is 5.66. The summed E-state index contributed by atoms with van der Waals surface area (Å²) in [4.78, 5) is 10.6. The van der Waals surface area contributed by atoms with Gasteiger partial charge in [0.15, 0.2) is 11.2 Å². The fourth-order valence-electron chi connectivity index (χ4n) is 5.66. The molecule has 2 N–H and O–H groups in total. The number of hydrogen-bond donors (Lipinski definition) is 2. The molecule has 5 nitrogen and oxygen atoms in total. The molecule has 0 aliphatic carbocycles. The van der Waals surface area contributed by atoms with E-state index in [4.69, 9.17) is 14.5 Å². The van der Waals surface area contributed by atoms with Crippen molar-refractivity contribution < 1.29 is 25.0 Å². The first kappa shape index (κ1) is 28.1. The first-order valence-electron chi connectivity index (χ1n) is 14.0. The second-order valence-electron chi connectivity index (χ2n) is 10.2. The van der Waals surface area contributed by atoms with Crippen LogP contribution in [-0.4, -0.2) is 10.5 Å². The Labute approximate surface area is 250 Å². The van der Waals surface area contributed by atoms with E-state index in [2.05, 4.69) is 0 Å². The van der Waals surface area contributed by atoms with Gasteiger partial charge in [0.05, 0.1) is 0 Å². The lowest BCUT2D eigenvalue weighted by Gasteiger charge is -2.32. The number of benzene rings is 6. The molecule has 0 amide bonds. The third-order valence-corrected chi connectivity index (χ3v) is 7.75. The Bertz CT molecular complexity index is 1510. The van der Waals surface area contributed by atoms with Crippen molar-refractivity contribution >= 4 is 0 Å². The molecule has 6 aromatic carbocycles. The van der Waals surface area contributed by atoms with Crippen molar-refractivity contribution in [1.29, 1.82) is 0 Å². The van der Waals surface area contributed by atoms with Gasteiger partial charge in [0.2, 0.25) is 0 Å². The topological polar surface area (TPSA) is 68.2 Å². The number of rotatable bonds is 10. The van der Waals surface area contributed by atoms with Crippen LogP contribution >= 0.6 is 0 Å². The van der Waals surface area contributed by atoms with Crippen molar-refractivity contribution in [3.63, 3.8) is 0 Å². The Morgan fingerprint density at radius 3 is 0.767 bits per heavy atom. The van der Waals surface area contributed by atoms with E-state index in [0.717, 1.165) is 33.4 Å². The zero-order chi connectivity index (χ0) is 29.5. The average Bonchev–Trinajstić information content (AvgIpc) is 3.09. The molecule has 0 unspecified atom stereocenters. The van der Waals surface area contributed by atoms with Crippen LogP contribution in [0.3, 0.4) is 0 Å². The van der Waals surface area contributed by atoms with Gasteiger partial charge < -0.3 is 4.74 Å². The molecule has 6 aromatic rings. The van der Waals surface area contributed by atoms with E-state index in [1.807, 2.05) is 170 Å². The van der Waals surface area contributed by atoms with Crippen LogP contribution in [0.4, 0.5) is 0 Å². The summed E-state index contributed by atoms with van der Waals surface area (Å²) >= 11 is 0. The molecule has 0 atom stereocenters. The normalized spacial score (nSPS) is 11.7. The molecule has 0 spiro atoms. The zero-order valence-corrected chi connectivity index (χ0v) is 23.3. The highest BCUT2D eigenvalue weighted by molar-refractivity contribution is 5.51. The Morgan fingerprint density at radius 2 is 0.535 bits per heavy atom. The van der Waals surface area contributed by atoms with E-state index in [9.17, 15) is 10.5 Å². The van der Waals surface area contributed by atoms with Gasteiger partial charge in [0.1, 0.15) is 11.5 Å². The highest BCUT2D eigenvalue weighted by atomic mass is 17.1. The summed E-state index contributed by atoms with van der Waals surface area (Å²) in [6.45, 7) is 0. The van der Waals surface area contributed by atoms with Crippen LogP contribution in [0.5, 0.6) is 11.5 Å². The molecular weight excluding hydrogens is 536 g/mol. The lowest BCUT2D eigenvalue weighted by atomic mass is 9.80. The maximum atomic E-state index is 10.4. The molecule has 0 saturated carbocycles. The summed E-state index contributed by atoms with van der Waals surface area (Å²) < 4.78 is 6.20. The third-order valence-electron chi connectivity index (χ3n) is 7.75. The average molecular weight is 567 g/mol. The Balaban J connectivity index is 1.31. The SMILES string of the molecule is OOC(c1ccccc1)(c1ccccc1)c1ccc(Oc2ccc(C(OO)(c3ccccc3)c3ccccc3)cc2)cc1. The van der Waals surface area contributed by atoms with Crippen molar-refractivity contribution in [3.8, 4) is 11.5 Å². The maximum Gasteiger partial charge on any atom is 0.178 e. The van der Waals surface area contributed by atoms with Crippen LogP contribution in [0, 0.1) is 0 Å². The fraction of sp³-hybridized carbons (Fsp3) is 0.0526. The highest BCUT2D eigenvalue weighted by Gasteiger charge is 2.39. The molecule has 0 aromatic heterocycles. The van der Waals surface area contributed by atoms with E-state index in [1.54, 1.807) is 0 Å². The van der Waals surface area contributed by atoms with Crippen LogP contribution in [0.1, 0.15) is 33.4 Å². The van der Waals surface area contributed by atoms with E-state index in [1.165, 1.54) is 0 Å². The van der Waals surface area contributed by atoms with Crippen LogP contribution < -0.4 is 4.74 Å². The Kier molecular flexibility index (Phi) is 8.13. The van der Waals surface area contributed by atoms with Crippen molar-refractivity contribution in [2.75, 3.05) is 0 Å². The second-order valence-corrected chi connectivity index (χ2v) is 10.2. The predicted octanol–water partition coefficient (Wildman–Crippen LogP) is 9.04. The molecule has 0 bridgehead atoms. The molecule has 0 radical (unpaired) electrons. The quantitative estimate of drug-likeness (QED) is 0.0984. The zero-order valence-electron chi connectivity index (χ0n) is 23.3. The van der Waals surface area contributed by atoms with E-state index in [0.29, 0.717) is 11.5 Å². The van der Waals surface area contributed by atoms with Gasteiger partial charge in [-0.05, 0) is 57.6 Å². The summed E-state index contributed by atoms with van der Waals surface area (Å²) in [6, 6.07) is 53.4. The summed E-state index contributed by atoms with van der Waals surface area (Å²) in [5.74, 6) is 1.22. The molecule has 5 heteroatoms. The second kappa shape index (κ2) is 12.4. The molecule has 212 valence electrons. The minimum Gasteiger partial charge on any atom is -0.457 e. The monoisotopic (exact) mass is 566 g/mol. The molecule has 43 heavy (non-hydrogen) atoms.